The van der Waals surface area contributed by atoms with Gasteiger partial charge in [-0.3, -0.25) is 9.69 Å². The molecule has 2 heterocycles. The first-order chi connectivity index (χ1) is 20.6. The molecule has 1 unspecified atom stereocenters. The molecule has 0 saturated carbocycles. The predicted molar refractivity (Wildman–Crippen MR) is 168 cm³/mol. The number of piperazine rings is 1. The van der Waals surface area contributed by atoms with Gasteiger partial charge in [0.15, 0.2) is 12.3 Å². The lowest BCUT2D eigenvalue weighted by atomic mass is 9.95. The fraction of sp³-hybridized carbons (Fsp3) is 0.429. The first kappa shape index (κ1) is 29.6. The van der Waals surface area contributed by atoms with Gasteiger partial charge in [-0.2, -0.15) is 0 Å². The van der Waals surface area contributed by atoms with E-state index >= 15 is 0 Å². The highest BCUT2D eigenvalue weighted by Gasteiger charge is 2.22. The number of hydrogen-bond acceptors (Lipinski definition) is 6. The zero-order chi connectivity index (χ0) is 29.3. The summed E-state index contributed by atoms with van der Waals surface area (Å²) < 4.78 is 12.7. The van der Waals surface area contributed by atoms with E-state index in [-0.39, 0.29) is 12.7 Å². The molecule has 222 valence electrons. The monoisotopic (exact) mass is 569 g/mol. The van der Waals surface area contributed by atoms with Crippen LogP contribution in [-0.4, -0.2) is 41.6 Å². The number of oxazole rings is 1. The molecule has 1 fully saturated rings. The molecule has 4 aromatic rings. The summed E-state index contributed by atoms with van der Waals surface area (Å²) in [5.41, 5.74) is 5.88. The molecule has 1 aliphatic rings. The second-order valence-corrected chi connectivity index (χ2v) is 11.4. The van der Waals surface area contributed by atoms with Gasteiger partial charge >= 0.3 is 11.7 Å². The van der Waals surface area contributed by atoms with E-state index in [1.54, 1.807) is 0 Å². The number of para-hydroxylation sites is 1. The van der Waals surface area contributed by atoms with Crippen LogP contribution in [0.2, 0.25) is 0 Å². The quantitative estimate of drug-likeness (QED) is 0.127. The molecule has 7 heteroatoms. The number of rotatable bonds is 13. The molecular formula is C35H43N3O4. The number of aromatic nitrogens is 1. The average Bonchev–Trinajstić information content (AvgIpc) is 3.35. The Kier molecular flexibility index (Phi) is 10.1. The molecule has 3 aromatic carbocycles. The summed E-state index contributed by atoms with van der Waals surface area (Å²) in [6.07, 6.45) is 5.85. The molecule has 1 aromatic heterocycles. The first-order valence-corrected chi connectivity index (χ1v) is 15.4. The summed E-state index contributed by atoms with van der Waals surface area (Å²) in [7, 11) is 0. The minimum absolute atomic E-state index is 0.130. The van der Waals surface area contributed by atoms with Gasteiger partial charge in [-0.05, 0) is 47.2 Å². The van der Waals surface area contributed by atoms with Crippen molar-refractivity contribution in [2.45, 2.75) is 65.6 Å². The van der Waals surface area contributed by atoms with E-state index in [0.717, 1.165) is 57.7 Å². The average molecular weight is 570 g/mol. The van der Waals surface area contributed by atoms with Crippen molar-refractivity contribution >= 4 is 22.8 Å². The minimum Gasteiger partial charge on any atom is -0.444 e. The van der Waals surface area contributed by atoms with E-state index in [4.69, 9.17) is 9.15 Å². The molecule has 1 aliphatic heterocycles. The van der Waals surface area contributed by atoms with E-state index in [1.807, 2.05) is 24.3 Å². The normalized spacial score (nSPS) is 14.8. The third-order valence-corrected chi connectivity index (χ3v) is 8.43. The van der Waals surface area contributed by atoms with Crippen LogP contribution in [0, 0.1) is 5.92 Å². The Labute approximate surface area is 248 Å². The molecular weight excluding hydrogens is 526 g/mol. The second kappa shape index (κ2) is 14.4. The number of hydrogen-bond donors (Lipinski definition) is 0. The van der Waals surface area contributed by atoms with E-state index in [1.165, 1.54) is 34.1 Å². The number of fused-ring (bicyclic) bond motifs is 1. The van der Waals surface area contributed by atoms with Gasteiger partial charge < -0.3 is 14.1 Å². The van der Waals surface area contributed by atoms with Crippen molar-refractivity contribution < 1.29 is 13.9 Å². The van der Waals surface area contributed by atoms with E-state index < -0.39 is 5.76 Å². The van der Waals surface area contributed by atoms with E-state index in [0.29, 0.717) is 23.4 Å². The molecule has 42 heavy (non-hydrogen) atoms. The maximum Gasteiger partial charge on any atom is 0.422 e. The molecule has 0 N–H and O–H groups in total. The fourth-order valence-electron chi connectivity index (χ4n) is 5.89. The number of anilines is 1. The van der Waals surface area contributed by atoms with Gasteiger partial charge in [-0.25, -0.2) is 9.36 Å². The SMILES string of the molecule is CCCCCC(CC)CC(=O)OCn1c(=O)oc2c(N3CCN(Cc4cccc(-c5ccccc5)c4)CC3)cccc21. The predicted octanol–water partition coefficient (Wildman–Crippen LogP) is 7.08. The number of esters is 1. The van der Waals surface area contributed by atoms with Crippen LogP contribution in [0.15, 0.2) is 82.0 Å². The molecule has 1 saturated heterocycles. The van der Waals surface area contributed by atoms with Crippen molar-refractivity contribution in [3.63, 3.8) is 0 Å². The van der Waals surface area contributed by atoms with Crippen molar-refractivity contribution in [2.24, 2.45) is 5.92 Å². The highest BCUT2D eigenvalue weighted by atomic mass is 16.5. The maximum atomic E-state index is 12.8. The third-order valence-electron chi connectivity index (χ3n) is 8.43. The minimum atomic E-state index is -0.503. The topological polar surface area (TPSA) is 67.9 Å². The summed E-state index contributed by atoms with van der Waals surface area (Å²) in [6.45, 7) is 8.54. The van der Waals surface area contributed by atoms with Crippen LogP contribution in [0.25, 0.3) is 22.2 Å². The lowest BCUT2D eigenvalue weighted by molar-refractivity contribution is -0.148. The van der Waals surface area contributed by atoms with Crippen LogP contribution in [0.5, 0.6) is 0 Å². The Morgan fingerprint density at radius 3 is 2.43 bits per heavy atom. The van der Waals surface area contributed by atoms with Crippen molar-refractivity contribution in [1.29, 1.82) is 0 Å². The van der Waals surface area contributed by atoms with Crippen molar-refractivity contribution in [3.8, 4) is 11.1 Å². The van der Waals surface area contributed by atoms with Gasteiger partial charge in [-0.1, -0.05) is 94.1 Å². The maximum absolute atomic E-state index is 12.8. The van der Waals surface area contributed by atoms with E-state index in [2.05, 4.69) is 72.2 Å². The number of unbranched alkanes of at least 4 members (excludes halogenated alkanes) is 2. The first-order valence-electron chi connectivity index (χ1n) is 15.4. The van der Waals surface area contributed by atoms with Gasteiger partial charge in [0.25, 0.3) is 0 Å². The molecule has 5 rings (SSSR count). The number of carbonyl (C=O) groups excluding carboxylic acids is 1. The van der Waals surface area contributed by atoms with Crippen LogP contribution in [0.3, 0.4) is 0 Å². The number of ether oxygens (including phenoxy) is 1. The number of benzene rings is 3. The Morgan fingerprint density at radius 1 is 0.905 bits per heavy atom. The zero-order valence-electron chi connectivity index (χ0n) is 25.0. The number of carbonyl (C=O) groups is 1. The zero-order valence-corrected chi connectivity index (χ0v) is 25.0. The Hall–Kier alpha value is -3.84. The summed E-state index contributed by atoms with van der Waals surface area (Å²) in [4.78, 5) is 30.1. The summed E-state index contributed by atoms with van der Waals surface area (Å²) in [5.74, 6) is -0.446. The van der Waals surface area contributed by atoms with Crippen LogP contribution < -0.4 is 10.7 Å². The van der Waals surface area contributed by atoms with Gasteiger partial charge in [0, 0.05) is 39.1 Å². The molecule has 7 nitrogen and oxygen atoms in total. The standard InChI is InChI=1S/C35H43N3O4/c1-3-5-7-12-27(4-2)24-33(39)41-26-38-32-18-11-17-31(34(32)42-35(38)40)37-21-19-36(20-22-37)25-28-13-10-16-30(23-28)29-14-8-6-9-15-29/h6,8-11,13-18,23,27H,3-5,7,12,19-22,24-26H2,1-2H3. The Morgan fingerprint density at radius 2 is 1.67 bits per heavy atom. The van der Waals surface area contributed by atoms with Crippen molar-refractivity contribution in [3.05, 3.63) is 88.9 Å². The van der Waals surface area contributed by atoms with Gasteiger partial charge in [-0.15, -0.1) is 0 Å². The largest absolute Gasteiger partial charge is 0.444 e. The van der Waals surface area contributed by atoms with Crippen molar-refractivity contribution in [1.82, 2.24) is 9.47 Å². The van der Waals surface area contributed by atoms with Crippen LogP contribution in [0.1, 0.15) is 57.9 Å². The Bertz CT molecular complexity index is 1500. The molecule has 1 atom stereocenters. The number of nitrogens with zero attached hydrogens (tertiary/aromatic N) is 3. The highest BCUT2D eigenvalue weighted by molar-refractivity contribution is 5.87. The third kappa shape index (κ3) is 7.32. The van der Waals surface area contributed by atoms with Gasteiger partial charge in [0.05, 0.1) is 11.2 Å². The summed E-state index contributed by atoms with van der Waals surface area (Å²) in [6, 6.07) is 25.0. The second-order valence-electron chi connectivity index (χ2n) is 11.4. The fourth-order valence-corrected chi connectivity index (χ4v) is 5.89. The summed E-state index contributed by atoms with van der Waals surface area (Å²) in [5, 5.41) is 0. The van der Waals surface area contributed by atoms with Gasteiger partial charge in [0.1, 0.15) is 0 Å². The summed E-state index contributed by atoms with van der Waals surface area (Å²) >= 11 is 0. The molecule has 0 amide bonds. The molecule has 0 bridgehead atoms. The highest BCUT2D eigenvalue weighted by Crippen LogP contribution is 2.28. The molecule has 0 spiro atoms. The van der Waals surface area contributed by atoms with E-state index in [9.17, 15) is 9.59 Å². The van der Waals surface area contributed by atoms with Crippen LogP contribution >= 0.6 is 0 Å². The van der Waals surface area contributed by atoms with Crippen LogP contribution in [-0.2, 0) is 22.8 Å². The van der Waals surface area contributed by atoms with Crippen LogP contribution in [0.4, 0.5) is 5.69 Å². The molecule has 0 aliphatic carbocycles. The smallest absolute Gasteiger partial charge is 0.422 e. The lowest BCUT2D eigenvalue weighted by Crippen LogP contribution is -2.46. The lowest BCUT2D eigenvalue weighted by Gasteiger charge is -2.36. The molecule has 0 radical (unpaired) electrons. The van der Waals surface area contributed by atoms with Crippen molar-refractivity contribution in [2.75, 3.05) is 31.1 Å². The Balaban J connectivity index is 1.19. The van der Waals surface area contributed by atoms with Gasteiger partial charge in [0.2, 0.25) is 0 Å².